The quantitative estimate of drug-likeness (QED) is 0.611. The minimum absolute atomic E-state index is 0.190. The average molecular weight is 150 g/mol. The summed E-state index contributed by atoms with van der Waals surface area (Å²) in [6.45, 7) is 5.94. The van der Waals surface area contributed by atoms with E-state index in [9.17, 15) is 0 Å². The van der Waals surface area contributed by atoms with Crippen molar-refractivity contribution in [2.24, 2.45) is 0 Å². The number of hydrogen-bond donors (Lipinski definition) is 0. The van der Waals surface area contributed by atoms with Gasteiger partial charge in [-0.1, -0.05) is 0 Å². The van der Waals surface area contributed by atoms with Crippen LogP contribution in [0.4, 0.5) is 0 Å². The van der Waals surface area contributed by atoms with Crippen LogP contribution in [0.5, 0.6) is 5.88 Å². The van der Waals surface area contributed by atoms with Gasteiger partial charge in [0.05, 0.1) is 0 Å². The van der Waals surface area contributed by atoms with Gasteiger partial charge in [-0.15, -0.1) is 0 Å². The van der Waals surface area contributed by atoms with Crippen molar-refractivity contribution in [1.82, 2.24) is 4.98 Å². The molecule has 0 aliphatic carbocycles. The molecule has 0 saturated carbocycles. The van der Waals surface area contributed by atoms with Gasteiger partial charge in [0.15, 0.2) is 0 Å². The molecule has 0 unspecified atom stereocenters. The monoisotopic (exact) mass is 150 g/mol. The van der Waals surface area contributed by atoms with Crippen LogP contribution in [0.2, 0.25) is 0 Å². The minimum Gasteiger partial charge on any atom is -0.471 e. The zero-order valence-corrected chi connectivity index (χ0v) is 7.09. The summed E-state index contributed by atoms with van der Waals surface area (Å²) in [6.07, 6.45) is 1.69. The lowest BCUT2D eigenvalue weighted by atomic mass is 10.2. The summed E-state index contributed by atoms with van der Waals surface area (Å²) in [5.74, 6) is 0.556. The highest BCUT2D eigenvalue weighted by Gasteiger charge is 2.11. The van der Waals surface area contributed by atoms with E-state index < -0.39 is 0 Å². The van der Waals surface area contributed by atoms with Crippen LogP contribution in [0.25, 0.3) is 0 Å². The first kappa shape index (κ1) is 8.05. The Hall–Kier alpha value is -1.05. The van der Waals surface area contributed by atoms with Gasteiger partial charge >= 0.3 is 0 Å². The summed E-state index contributed by atoms with van der Waals surface area (Å²) in [5.41, 5.74) is -0.190. The number of ether oxygens (including phenoxy) is 1. The van der Waals surface area contributed by atoms with E-state index in [0.717, 1.165) is 0 Å². The molecule has 0 saturated heterocycles. The summed E-state index contributed by atoms with van der Waals surface area (Å²) >= 11 is 0. The summed E-state index contributed by atoms with van der Waals surface area (Å²) in [7, 11) is 0. The van der Waals surface area contributed by atoms with Gasteiger partial charge in [0.25, 0.3) is 0 Å². The van der Waals surface area contributed by atoms with Crippen molar-refractivity contribution in [1.29, 1.82) is 0 Å². The zero-order chi connectivity index (χ0) is 8.32. The Bertz CT molecular complexity index is 213. The number of rotatable bonds is 1. The average Bonchev–Trinajstić information content (AvgIpc) is 1.85. The number of pyridine rings is 1. The van der Waals surface area contributed by atoms with Crippen LogP contribution >= 0.6 is 0 Å². The fourth-order valence-corrected chi connectivity index (χ4v) is 0.656. The van der Waals surface area contributed by atoms with Crippen molar-refractivity contribution in [2.75, 3.05) is 0 Å². The summed E-state index contributed by atoms with van der Waals surface area (Å²) in [4.78, 5) is 3.99. The Morgan fingerprint density at radius 3 is 2.64 bits per heavy atom. The molecule has 1 aromatic rings. The first-order valence-electron chi connectivity index (χ1n) is 3.60. The molecule has 0 aliphatic rings. The number of aromatic nitrogens is 1. The molecule has 0 bridgehead atoms. The van der Waals surface area contributed by atoms with Crippen molar-refractivity contribution < 1.29 is 4.74 Å². The predicted molar refractivity (Wildman–Crippen MR) is 43.5 cm³/mol. The standard InChI is InChI=1S/C9H12NO/c1-9(2,3)11-8-6-4-5-7-10-8/h4-5,7H,1-3H3. The first-order chi connectivity index (χ1) is 5.08. The van der Waals surface area contributed by atoms with E-state index in [1.807, 2.05) is 26.8 Å². The van der Waals surface area contributed by atoms with Gasteiger partial charge in [-0.25, -0.2) is 4.98 Å². The summed E-state index contributed by atoms with van der Waals surface area (Å²) < 4.78 is 5.44. The van der Waals surface area contributed by atoms with E-state index in [-0.39, 0.29) is 5.60 Å². The SMILES string of the molecule is CC(C)(C)Oc1[c]cccn1. The van der Waals surface area contributed by atoms with Crippen molar-refractivity contribution in [2.45, 2.75) is 26.4 Å². The number of hydrogen-bond acceptors (Lipinski definition) is 2. The summed E-state index contributed by atoms with van der Waals surface area (Å²) in [5, 5.41) is 0. The lowest BCUT2D eigenvalue weighted by molar-refractivity contribution is 0.123. The highest BCUT2D eigenvalue weighted by molar-refractivity contribution is 5.07. The Morgan fingerprint density at radius 1 is 1.45 bits per heavy atom. The lowest BCUT2D eigenvalue weighted by Crippen LogP contribution is -2.23. The topological polar surface area (TPSA) is 22.1 Å². The molecule has 1 aromatic heterocycles. The van der Waals surface area contributed by atoms with Crippen molar-refractivity contribution in [3.8, 4) is 5.88 Å². The van der Waals surface area contributed by atoms with Crippen LogP contribution in [-0.4, -0.2) is 10.6 Å². The van der Waals surface area contributed by atoms with E-state index >= 15 is 0 Å². The van der Waals surface area contributed by atoms with Crippen LogP contribution < -0.4 is 4.74 Å². The van der Waals surface area contributed by atoms with Crippen molar-refractivity contribution >= 4 is 0 Å². The van der Waals surface area contributed by atoms with Gasteiger partial charge in [0.1, 0.15) is 5.60 Å². The fourth-order valence-electron chi connectivity index (χ4n) is 0.656. The predicted octanol–water partition coefficient (Wildman–Crippen LogP) is 2.06. The second-order valence-corrected chi connectivity index (χ2v) is 3.30. The van der Waals surface area contributed by atoms with Gasteiger partial charge in [-0.3, -0.25) is 0 Å². The molecule has 2 nitrogen and oxygen atoms in total. The highest BCUT2D eigenvalue weighted by atomic mass is 16.5. The third kappa shape index (κ3) is 3.03. The van der Waals surface area contributed by atoms with Gasteiger partial charge in [0, 0.05) is 12.3 Å². The molecule has 1 heterocycles. The molecule has 0 spiro atoms. The van der Waals surface area contributed by atoms with Gasteiger partial charge < -0.3 is 4.74 Å². The molecule has 1 rings (SSSR count). The van der Waals surface area contributed by atoms with E-state index in [4.69, 9.17) is 4.74 Å². The molecule has 0 atom stereocenters. The molecular formula is C9H12NO. The highest BCUT2D eigenvalue weighted by Crippen LogP contribution is 2.12. The largest absolute Gasteiger partial charge is 0.471 e. The Kier molecular flexibility index (Phi) is 2.13. The summed E-state index contributed by atoms with van der Waals surface area (Å²) in [6, 6.07) is 6.49. The zero-order valence-electron chi connectivity index (χ0n) is 7.09. The van der Waals surface area contributed by atoms with E-state index in [2.05, 4.69) is 11.1 Å². The Labute approximate surface area is 67.2 Å². The first-order valence-corrected chi connectivity index (χ1v) is 3.60. The molecule has 0 fully saturated rings. The molecule has 11 heavy (non-hydrogen) atoms. The van der Waals surface area contributed by atoms with Gasteiger partial charge in [-0.05, 0) is 32.9 Å². The molecule has 0 aliphatic heterocycles. The van der Waals surface area contributed by atoms with E-state index in [0.29, 0.717) is 5.88 Å². The maximum Gasteiger partial charge on any atom is 0.222 e. The van der Waals surface area contributed by atoms with Gasteiger partial charge in [-0.2, -0.15) is 0 Å². The lowest BCUT2D eigenvalue weighted by Gasteiger charge is -2.19. The van der Waals surface area contributed by atoms with Crippen LogP contribution in [-0.2, 0) is 0 Å². The normalized spacial score (nSPS) is 11.2. The van der Waals surface area contributed by atoms with Crippen molar-refractivity contribution in [3.63, 3.8) is 0 Å². The Morgan fingerprint density at radius 2 is 2.18 bits per heavy atom. The second-order valence-electron chi connectivity index (χ2n) is 3.30. The third-order valence-electron chi connectivity index (χ3n) is 0.984. The Balaban J connectivity index is 2.66. The minimum atomic E-state index is -0.190. The van der Waals surface area contributed by atoms with Gasteiger partial charge in [0.2, 0.25) is 5.88 Å². The maximum absolute atomic E-state index is 5.44. The van der Waals surface area contributed by atoms with E-state index in [1.165, 1.54) is 0 Å². The van der Waals surface area contributed by atoms with Crippen LogP contribution in [0.15, 0.2) is 18.3 Å². The smallest absolute Gasteiger partial charge is 0.222 e. The molecule has 59 valence electrons. The van der Waals surface area contributed by atoms with Crippen LogP contribution in [0.1, 0.15) is 20.8 Å². The molecule has 0 N–H and O–H groups in total. The molecule has 2 heteroatoms. The maximum atomic E-state index is 5.44. The second kappa shape index (κ2) is 2.91. The molecule has 0 aromatic carbocycles. The van der Waals surface area contributed by atoms with Crippen LogP contribution in [0, 0.1) is 6.07 Å². The number of nitrogens with zero attached hydrogens (tertiary/aromatic N) is 1. The van der Waals surface area contributed by atoms with Crippen LogP contribution in [0.3, 0.4) is 0 Å². The van der Waals surface area contributed by atoms with Crippen molar-refractivity contribution in [3.05, 3.63) is 24.4 Å². The molecular weight excluding hydrogens is 138 g/mol. The molecule has 0 amide bonds. The van der Waals surface area contributed by atoms with E-state index in [1.54, 1.807) is 12.3 Å². The fraction of sp³-hybridized carbons (Fsp3) is 0.444. The molecule has 1 radical (unpaired) electrons. The third-order valence-corrected chi connectivity index (χ3v) is 0.984.